The summed E-state index contributed by atoms with van der Waals surface area (Å²) in [5, 5.41) is 9.28. The van der Waals surface area contributed by atoms with E-state index in [1.54, 1.807) is 12.1 Å². The number of aromatic nitrogens is 2. The van der Waals surface area contributed by atoms with Crippen LogP contribution in [0.15, 0.2) is 30.5 Å². The summed E-state index contributed by atoms with van der Waals surface area (Å²) in [7, 11) is 0. The number of phenolic OH excluding ortho intramolecular Hbond substituents is 1. The van der Waals surface area contributed by atoms with Crippen LogP contribution in [0.25, 0.3) is 11.4 Å². The summed E-state index contributed by atoms with van der Waals surface area (Å²) < 4.78 is 2.09. The lowest BCUT2D eigenvalue weighted by Gasteiger charge is -2.11. The summed E-state index contributed by atoms with van der Waals surface area (Å²) in [5.74, 6) is 1.15. The fraction of sp³-hybridized carbons (Fsp3) is 0.308. The molecule has 17 heavy (non-hydrogen) atoms. The first-order valence-corrected chi connectivity index (χ1v) is 5.74. The standard InChI is InChI=1S/C13H17N3O/c1-3-16-12(9(2)14)8-15-13(16)10-4-6-11(17)7-5-10/h4-9,17H,3,14H2,1-2H3. The van der Waals surface area contributed by atoms with Crippen molar-refractivity contribution in [1.82, 2.24) is 9.55 Å². The van der Waals surface area contributed by atoms with Crippen LogP contribution < -0.4 is 5.73 Å². The molecule has 90 valence electrons. The van der Waals surface area contributed by atoms with Crippen molar-refractivity contribution in [2.45, 2.75) is 26.4 Å². The van der Waals surface area contributed by atoms with Gasteiger partial charge in [-0.3, -0.25) is 0 Å². The summed E-state index contributed by atoms with van der Waals surface area (Å²) >= 11 is 0. The lowest BCUT2D eigenvalue weighted by Crippen LogP contribution is -2.12. The van der Waals surface area contributed by atoms with E-state index in [-0.39, 0.29) is 11.8 Å². The molecule has 0 aliphatic rings. The molecule has 0 saturated carbocycles. The minimum absolute atomic E-state index is 0.0340. The molecular formula is C13H17N3O. The Hall–Kier alpha value is -1.81. The molecule has 0 amide bonds. The number of benzene rings is 1. The fourth-order valence-electron chi connectivity index (χ4n) is 1.93. The highest BCUT2D eigenvalue weighted by atomic mass is 16.3. The first kappa shape index (κ1) is 11.7. The molecule has 0 spiro atoms. The molecule has 0 aliphatic heterocycles. The van der Waals surface area contributed by atoms with Gasteiger partial charge in [0.2, 0.25) is 0 Å². The van der Waals surface area contributed by atoms with E-state index in [1.165, 1.54) is 0 Å². The molecule has 1 heterocycles. The monoisotopic (exact) mass is 231 g/mol. The molecule has 0 radical (unpaired) electrons. The third-order valence-corrected chi connectivity index (χ3v) is 2.79. The zero-order valence-electron chi connectivity index (χ0n) is 10.1. The second-order valence-corrected chi connectivity index (χ2v) is 4.09. The lowest BCUT2D eigenvalue weighted by molar-refractivity contribution is 0.475. The minimum Gasteiger partial charge on any atom is -0.508 e. The van der Waals surface area contributed by atoms with E-state index in [0.717, 1.165) is 23.6 Å². The van der Waals surface area contributed by atoms with Gasteiger partial charge in [0.25, 0.3) is 0 Å². The Morgan fingerprint density at radius 2 is 2.00 bits per heavy atom. The predicted octanol–water partition coefficient (Wildman–Crippen LogP) is 2.30. The van der Waals surface area contributed by atoms with E-state index >= 15 is 0 Å². The van der Waals surface area contributed by atoms with Gasteiger partial charge in [-0.15, -0.1) is 0 Å². The summed E-state index contributed by atoms with van der Waals surface area (Å²) in [6.07, 6.45) is 1.82. The number of hydrogen-bond acceptors (Lipinski definition) is 3. The van der Waals surface area contributed by atoms with Crippen molar-refractivity contribution in [2.75, 3.05) is 0 Å². The van der Waals surface area contributed by atoms with Gasteiger partial charge in [0.15, 0.2) is 0 Å². The van der Waals surface area contributed by atoms with Crippen LogP contribution >= 0.6 is 0 Å². The summed E-state index contributed by atoms with van der Waals surface area (Å²) in [4.78, 5) is 4.41. The number of hydrogen-bond donors (Lipinski definition) is 2. The van der Waals surface area contributed by atoms with Crippen LogP contribution in [0.3, 0.4) is 0 Å². The Morgan fingerprint density at radius 3 is 2.53 bits per heavy atom. The zero-order chi connectivity index (χ0) is 12.4. The van der Waals surface area contributed by atoms with E-state index in [4.69, 9.17) is 5.73 Å². The minimum atomic E-state index is -0.0340. The Kier molecular flexibility index (Phi) is 3.15. The van der Waals surface area contributed by atoms with Crippen molar-refractivity contribution in [3.63, 3.8) is 0 Å². The number of nitrogens with zero attached hydrogens (tertiary/aromatic N) is 2. The van der Waals surface area contributed by atoms with E-state index in [2.05, 4.69) is 16.5 Å². The summed E-state index contributed by atoms with van der Waals surface area (Å²) in [6, 6.07) is 7.00. The molecular weight excluding hydrogens is 214 g/mol. The number of aromatic hydroxyl groups is 1. The van der Waals surface area contributed by atoms with Crippen LogP contribution in [-0.2, 0) is 6.54 Å². The molecule has 1 aromatic carbocycles. The molecule has 2 aromatic rings. The van der Waals surface area contributed by atoms with Gasteiger partial charge >= 0.3 is 0 Å². The molecule has 0 fully saturated rings. The van der Waals surface area contributed by atoms with Crippen LogP contribution in [-0.4, -0.2) is 14.7 Å². The maximum absolute atomic E-state index is 9.28. The van der Waals surface area contributed by atoms with Crippen LogP contribution in [0.1, 0.15) is 25.6 Å². The van der Waals surface area contributed by atoms with Gasteiger partial charge < -0.3 is 15.4 Å². The molecule has 0 bridgehead atoms. The fourth-order valence-corrected chi connectivity index (χ4v) is 1.93. The maximum atomic E-state index is 9.28. The first-order chi connectivity index (χ1) is 8.13. The highest BCUT2D eigenvalue weighted by Gasteiger charge is 2.12. The molecule has 4 heteroatoms. The summed E-state index contributed by atoms with van der Waals surface area (Å²) in [5.41, 5.74) is 7.91. The molecule has 4 nitrogen and oxygen atoms in total. The average Bonchev–Trinajstić information content (AvgIpc) is 2.73. The van der Waals surface area contributed by atoms with Crippen LogP contribution in [0.2, 0.25) is 0 Å². The molecule has 1 aromatic heterocycles. The van der Waals surface area contributed by atoms with E-state index in [9.17, 15) is 5.11 Å². The lowest BCUT2D eigenvalue weighted by atomic mass is 10.2. The Balaban J connectivity index is 2.48. The van der Waals surface area contributed by atoms with Crippen molar-refractivity contribution >= 4 is 0 Å². The third kappa shape index (κ3) is 2.17. The second-order valence-electron chi connectivity index (χ2n) is 4.09. The Bertz CT molecular complexity index is 500. The van der Waals surface area contributed by atoms with Crippen molar-refractivity contribution in [2.24, 2.45) is 5.73 Å². The van der Waals surface area contributed by atoms with Gasteiger partial charge in [-0.05, 0) is 38.1 Å². The first-order valence-electron chi connectivity index (χ1n) is 5.74. The van der Waals surface area contributed by atoms with Gasteiger partial charge in [-0.25, -0.2) is 4.98 Å². The van der Waals surface area contributed by atoms with Crippen LogP contribution in [0, 0.1) is 0 Å². The van der Waals surface area contributed by atoms with Gasteiger partial charge in [-0.1, -0.05) is 0 Å². The smallest absolute Gasteiger partial charge is 0.140 e. The largest absolute Gasteiger partial charge is 0.508 e. The molecule has 1 unspecified atom stereocenters. The zero-order valence-corrected chi connectivity index (χ0v) is 10.1. The normalized spacial score (nSPS) is 12.6. The molecule has 0 aliphatic carbocycles. The van der Waals surface area contributed by atoms with Gasteiger partial charge in [0.05, 0.1) is 11.9 Å². The Morgan fingerprint density at radius 1 is 1.35 bits per heavy atom. The maximum Gasteiger partial charge on any atom is 0.140 e. The van der Waals surface area contributed by atoms with Gasteiger partial charge in [0, 0.05) is 18.2 Å². The average molecular weight is 231 g/mol. The van der Waals surface area contributed by atoms with Crippen LogP contribution in [0.4, 0.5) is 0 Å². The Labute approximate surface area is 101 Å². The number of rotatable bonds is 3. The van der Waals surface area contributed by atoms with Gasteiger partial charge in [-0.2, -0.15) is 0 Å². The topological polar surface area (TPSA) is 64.1 Å². The quantitative estimate of drug-likeness (QED) is 0.851. The highest BCUT2D eigenvalue weighted by molar-refractivity contribution is 5.57. The van der Waals surface area contributed by atoms with Crippen molar-refractivity contribution < 1.29 is 5.11 Å². The SMILES string of the molecule is CCn1c(C(C)N)cnc1-c1ccc(O)cc1. The number of nitrogens with two attached hydrogens (primary N) is 1. The summed E-state index contributed by atoms with van der Waals surface area (Å²) in [6.45, 7) is 4.84. The second kappa shape index (κ2) is 4.59. The van der Waals surface area contributed by atoms with Gasteiger partial charge in [0.1, 0.15) is 11.6 Å². The van der Waals surface area contributed by atoms with Crippen molar-refractivity contribution in [3.8, 4) is 17.1 Å². The van der Waals surface area contributed by atoms with Crippen molar-refractivity contribution in [1.29, 1.82) is 0 Å². The number of imidazole rings is 1. The molecule has 2 rings (SSSR count). The van der Waals surface area contributed by atoms with E-state index in [0.29, 0.717) is 0 Å². The van der Waals surface area contributed by atoms with E-state index < -0.39 is 0 Å². The van der Waals surface area contributed by atoms with Crippen molar-refractivity contribution in [3.05, 3.63) is 36.2 Å². The molecule has 0 saturated heterocycles. The van der Waals surface area contributed by atoms with Crippen LogP contribution in [0.5, 0.6) is 5.75 Å². The predicted molar refractivity (Wildman–Crippen MR) is 67.6 cm³/mol. The molecule has 3 N–H and O–H groups in total. The molecule has 1 atom stereocenters. The highest BCUT2D eigenvalue weighted by Crippen LogP contribution is 2.23. The number of phenols is 1. The van der Waals surface area contributed by atoms with E-state index in [1.807, 2.05) is 25.3 Å². The third-order valence-electron chi connectivity index (χ3n) is 2.79.